The minimum atomic E-state index is -0.764. The van der Waals surface area contributed by atoms with Crippen LogP contribution in [0.4, 0.5) is 5.69 Å². The summed E-state index contributed by atoms with van der Waals surface area (Å²) in [5.74, 6) is 0.878. The molecule has 3 aromatic carbocycles. The van der Waals surface area contributed by atoms with Crippen LogP contribution in [0.15, 0.2) is 72.8 Å². The first-order valence-corrected chi connectivity index (χ1v) is 10.4. The van der Waals surface area contributed by atoms with Gasteiger partial charge in [0, 0.05) is 24.7 Å². The van der Waals surface area contributed by atoms with Crippen LogP contribution in [0, 0.1) is 19.8 Å². The molecule has 0 bridgehead atoms. The molecule has 1 atom stereocenters. The summed E-state index contributed by atoms with van der Waals surface area (Å²) in [6.07, 6.45) is 1.09. The number of hydrogen-bond acceptors (Lipinski definition) is 3. The fourth-order valence-corrected chi connectivity index (χ4v) is 3.91. The van der Waals surface area contributed by atoms with Crippen LogP contribution in [0.5, 0.6) is 5.75 Å². The Morgan fingerprint density at radius 2 is 1.24 bits per heavy atom. The maximum Gasteiger partial charge on any atom is 0.200 e. The monoisotopic (exact) mass is 387 g/mol. The lowest BCUT2D eigenvalue weighted by Crippen LogP contribution is -2.39. The number of aliphatic hydroxyl groups is 1. The summed E-state index contributed by atoms with van der Waals surface area (Å²) in [6, 6.07) is 25.1. The zero-order valence-corrected chi connectivity index (χ0v) is 17.2. The van der Waals surface area contributed by atoms with E-state index in [1.54, 1.807) is 0 Å². The Hall–Kier alpha value is -2.78. The Kier molecular flexibility index (Phi) is 5.86. The second-order valence-corrected chi connectivity index (χ2v) is 8.06. The van der Waals surface area contributed by atoms with Crippen molar-refractivity contribution in [2.75, 3.05) is 18.0 Å². The van der Waals surface area contributed by atoms with Gasteiger partial charge in [-0.2, -0.15) is 0 Å². The van der Waals surface area contributed by atoms with Crippen molar-refractivity contribution in [3.05, 3.63) is 83.9 Å². The molecular formula is C26H29NO2. The van der Waals surface area contributed by atoms with E-state index >= 15 is 0 Å². The van der Waals surface area contributed by atoms with E-state index in [4.69, 9.17) is 4.74 Å². The van der Waals surface area contributed by atoms with Gasteiger partial charge in [0.15, 0.2) is 6.29 Å². The number of rotatable bonds is 5. The summed E-state index contributed by atoms with van der Waals surface area (Å²) in [6.45, 7) is 6.09. The second-order valence-electron chi connectivity index (χ2n) is 8.06. The number of aliphatic hydroxyl groups excluding tert-OH is 1. The van der Waals surface area contributed by atoms with Crippen LogP contribution in [-0.4, -0.2) is 24.5 Å². The van der Waals surface area contributed by atoms with Crippen LogP contribution in [0.25, 0.3) is 11.1 Å². The minimum Gasteiger partial charge on any atom is -0.465 e. The lowest BCUT2D eigenvalue weighted by Gasteiger charge is -2.35. The standard InChI is InChI=1S/C26H29NO2/c1-19-3-7-21(8-4-19)22-9-13-25(14-10-22)29-26(28)23-15-17-27(18-16-23)24-11-5-20(2)6-12-24/h3-14,23,26,28H,15-18H2,1-2H3. The van der Waals surface area contributed by atoms with Gasteiger partial charge in [0.1, 0.15) is 5.75 Å². The quantitative estimate of drug-likeness (QED) is 0.580. The molecule has 150 valence electrons. The highest BCUT2D eigenvalue weighted by atomic mass is 16.6. The highest BCUT2D eigenvalue weighted by Gasteiger charge is 2.26. The number of aryl methyl sites for hydroxylation is 2. The molecule has 3 aromatic rings. The highest BCUT2D eigenvalue weighted by molar-refractivity contribution is 5.64. The number of anilines is 1. The molecule has 1 aliphatic rings. The SMILES string of the molecule is Cc1ccc(-c2ccc(OC(O)C3CCN(c4ccc(C)cc4)CC3)cc2)cc1. The van der Waals surface area contributed by atoms with Crippen molar-refractivity contribution in [3.63, 3.8) is 0 Å². The molecule has 0 spiro atoms. The fourth-order valence-electron chi connectivity index (χ4n) is 3.91. The molecule has 1 heterocycles. The van der Waals surface area contributed by atoms with Gasteiger partial charge >= 0.3 is 0 Å². The zero-order valence-electron chi connectivity index (χ0n) is 17.2. The summed E-state index contributed by atoms with van der Waals surface area (Å²) in [4.78, 5) is 2.39. The van der Waals surface area contributed by atoms with Crippen molar-refractivity contribution < 1.29 is 9.84 Å². The van der Waals surface area contributed by atoms with Gasteiger partial charge in [-0.1, -0.05) is 59.7 Å². The molecule has 1 saturated heterocycles. The van der Waals surface area contributed by atoms with E-state index in [1.807, 2.05) is 24.3 Å². The zero-order chi connectivity index (χ0) is 20.2. The van der Waals surface area contributed by atoms with Crippen LogP contribution < -0.4 is 9.64 Å². The van der Waals surface area contributed by atoms with Gasteiger partial charge in [-0.3, -0.25) is 0 Å². The van der Waals surface area contributed by atoms with Crippen LogP contribution in [0.2, 0.25) is 0 Å². The Labute approximate surface area is 173 Å². The fraction of sp³-hybridized carbons (Fsp3) is 0.308. The molecule has 4 rings (SSSR count). The van der Waals surface area contributed by atoms with Gasteiger partial charge < -0.3 is 14.7 Å². The summed E-state index contributed by atoms with van der Waals surface area (Å²) >= 11 is 0. The number of nitrogens with zero attached hydrogens (tertiary/aromatic N) is 1. The van der Waals surface area contributed by atoms with E-state index < -0.39 is 6.29 Å². The molecule has 0 saturated carbocycles. The van der Waals surface area contributed by atoms with E-state index in [1.165, 1.54) is 22.4 Å². The van der Waals surface area contributed by atoms with Crippen molar-refractivity contribution in [1.82, 2.24) is 0 Å². The lowest BCUT2D eigenvalue weighted by atomic mass is 9.95. The third kappa shape index (κ3) is 4.80. The average molecular weight is 388 g/mol. The van der Waals surface area contributed by atoms with Crippen molar-refractivity contribution in [1.29, 1.82) is 0 Å². The van der Waals surface area contributed by atoms with Gasteiger partial charge in [0.05, 0.1) is 0 Å². The minimum absolute atomic E-state index is 0.161. The van der Waals surface area contributed by atoms with Gasteiger partial charge in [-0.05, 0) is 62.1 Å². The van der Waals surface area contributed by atoms with E-state index in [0.717, 1.165) is 31.5 Å². The lowest BCUT2D eigenvalue weighted by molar-refractivity contribution is -0.0687. The first kappa shape index (κ1) is 19.5. The summed E-state index contributed by atoms with van der Waals surface area (Å²) in [5.41, 5.74) is 6.13. The van der Waals surface area contributed by atoms with Crippen LogP contribution in [0.1, 0.15) is 24.0 Å². The average Bonchev–Trinajstić information content (AvgIpc) is 2.76. The predicted octanol–water partition coefficient (Wildman–Crippen LogP) is 5.58. The van der Waals surface area contributed by atoms with Gasteiger partial charge in [0.2, 0.25) is 0 Å². The van der Waals surface area contributed by atoms with E-state index in [2.05, 4.69) is 67.3 Å². The molecule has 1 unspecified atom stereocenters. The van der Waals surface area contributed by atoms with Crippen LogP contribution in [-0.2, 0) is 0 Å². The largest absolute Gasteiger partial charge is 0.465 e. The number of piperidine rings is 1. The number of ether oxygens (including phenoxy) is 1. The second kappa shape index (κ2) is 8.71. The molecule has 1 aliphatic heterocycles. The maximum absolute atomic E-state index is 10.6. The summed E-state index contributed by atoms with van der Waals surface area (Å²) < 4.78 is 5.86. The molecule has 1 fully saturated rings. The molecule has 0 amide bonds. The molecule has 3 nitrogen and oxygen atoms in total. The molecule has 1 N–H and O–H groups in total. The predicted molar refractivity (Wildman–Crippen MR) is 119 cm³/mol. The number of hydrogen-bond donors (Lipinski definition) is 1. The summed E-state index contributed by atoms with van der Waals surface area (Å²) in [5, 5.41) is 10.6. The Bertz CT molecular complexity index is 908. The van der Waals surface area contributed by atoms with Gasteiger partial charge in [-0.15, -0.1) is 0 Å². The molecule has 29 heavy (non-hydrogen) atoms. The normalized spacial score (nSPS) is 15.9. The molecular weight excluding hydrogens is 358 g/mol. The third-order valence-electron chi connectivity index (χ3n) is 5.84. The summed E-state index contributed by atoms with van der Waals surface area (Å²) in [7, 11) is 0. The van der Waals surface area contributed by atoms with Gasteiger partial charge in [0.25, 0.3) is 0 Å². The van der Waals surface area contributed by atoms with Crippen molar-refractivity contribution in [2.45, 2.75) is 33.0 Å². The van der Waals surface area contributed by atoms with Crippen LogP contribution >= 0.6 is 0 Å². The topological polar surface area (TPSA) is 32.7 Å². The third-order valence-corrected chi connectivity index (χ3v) is 5.84. The Morgan fingerprint density at radius 3 is 1.79 bits per heavy atom. The van der Waals surface area contributed by atoms with E-state index in [0.29, 0.717) is 5.75 Å². The van der Waals surface area contributed by atoms with E-state index in [-0.39, 0.29) is 5.92 Å². The maximum atomic E-state index is 10.6. The van der Waals surface area contributed by atoms with Crippen LogP contribution in [0.3, 0.4) is 0 Å². The molecule has 0 aromatic heterocycles. The van der Waals surface area contributed by atoms with Crippen molar-refractivity contribution >= 4 is 5.69 Å². The van der Waals surface area contributed by atoms with Crippen molar-refractivity contribution in [2.24, 2.45) is 5.92 Å². The smallest absolute Gasteiger partial charge is 0.200 e. The van der Waals surface area contributed by atoms with Gasteiger partial charge in [-0.25, -0.2) is 0 Å². The Balaban J connectivity index is 1.32. The van der Waals surface area contributed by atoms with E-state index in [9.17, 15) is 5.11 Å². The highest BCUT2D eigenvalue weighted by Crippen LogP contribution is 2.28. The Morgan fingerprint density at radius 1 is 0.759 bits per heavy atom. The van der Waals surface area contributed by atoms with Crippen molar-refractivity contribution in [3.8, 4) is 16.9 Å². The first-order valence-electron chi connectivity index (χ1n) is 10.4. The first-order chi connectivity index (χ1) is 14.1. The molecule has 0 radical (unpaired) electrons. The molecule has 0 aliphatic carbocycles. The molecule has 3 heteroatoms. The number of benzene rings is 3.